The maximum absolute atomic E-state index is 11.9. The molecule has 0 spiro atoms. The fourth-order valence-electron chi connectivity index (χ4n) is 1.81. The van der Waals surface area contributed by atoms with Gasteiger partial charge in [-0.3, -0.25) is 4.98 Å². The minimum absolute atomic E-state index is 0.0506. The van der Waals surface area contributed by atoms with Crippen molar-refractivity contribution < 1.29 is 14.6 Å². The molecule has 0 bridgehead atoms. The van der Waals surface area contributed by atoms with E-state index in [9.17, 15) is 9.90 Å². The van der Waals surface area contributed by atoms with Crippen LogP contribution in [0.2, 0.25) is 0 Å². The summed E-state index contributed by atoms with van der Waals surface area (Å²) >= 11 is 5.73. The summed E-state index contributed by atoms with van der Waals surface area (Å²) in [5, 5.41) is 10.0. The lowest BCUT2D eigenvalue weighted by atomic mass is 10.0. The van der Waals surface area contributed by atoms with Crippen LogP contribution in [-0.4, -0.2) is 52.3 Å². The number of hydrogen-bond donors (Lipinski definition) is 1. The van der Waals surface area contributed by atoms with Gasteiger partial charge in [-0.1, -0.05) is 0 Å². The molecule has 0 radical (unpaired) electrons. The Morgan fingerprint density at radius 3 is 2.55 bits per heavy atom. The molecule has 1 amide bonds. The molecule has 1 N–H and O–H groups in total. The summed E-state index contributed by atoms with van der Waals surface area (Å²) in [6.07, 6.45) is 2.33. The SMILES string of the molecule is CC(C)OC(=O)N(C)[C@@H](Cc1ccncc1)[C@H](O)CCl. The third kappa shape index (κ3) is 4.98. The molecule has 0 aliphatic carbocycles. The predicted octanol–water partition coefficient (Wildman–Crippen LogP) is 2.07. The summed E-state index contributed by atoms with van der Waals surface area (Å²) in [6.45, 7) is 3.56. The molecule has 5 nitrogen and oxygen atoms in total. The fourth-order valence-corrected chi connectivity index (χ4v) is 2.02. The van der Waals surface area contributed by atoms with E-state index in [1.165, 1.54) is 4.90 Å². The van der Waals surface area contributed by atoms with Gasteiger partial charge in [0.15, 0.2) is 0 Å². The largest absolute Gasteiger partial charge is 0.447 e. The summed E-state index contributed by atoms with van der Waals surface area (Å²) < 4.78 is 5.15. The lowest BCUT2D eigenvalue weighted by molar-refractivity contribution is 0.0400. The van der Waals surface area contributed by atoms with E-state index < -0.39 is 18.2 Å². The minimum Gasteiger partial charge on any atom is -0.447 e. The molecule has 2 atom stereocenters. The Hall–Kier alpha value is -1.33. The second-order valence-corrected chi connectivity index (χ2v) is 5.20. The number of rotatable bonds is 6. The van der Waals surface area contributed by atoms with E-state index in [1.807, 2.05) is 12.1 Å². The lowest BCUT2D eigenvalue weighted by Crippen LogP contribution is -2.47. The van der Waals surface area contributed by atoms with E-state index >= 15 is 0 Å². The van der Waals surface area contributed by atoms with Gasteiger partial charge in [-0.2, -0.15) is 0 Å². The highest BCUT2D eigenvalue weighted by Crippen LogP contribution is 2.14. The maximum Gasteiger partial charge on any atom is 0.410 e. The topological polar surface area (TPSA) is 62.7 Å². The zero-order chi connectivity index (χ0) is 15.1. The van der Waals surface area contributed by atoms with Gasteiger partial charge in [-0.15, -0.1) is 11.6 Å². The zero-order valence-corrected chi connectivity index (χ0v) is 12.7. The number of nitrogens with zero attached hydrogens (tertiary/aromatic N) is 2. The van der Waals surface area contributed by atoms with Crippen molar-refractivity contribution in [3.63, 3.8) is 0 Å². The van der Waals surface area contributed by atoms with E-state index in [4.69, 9.17) is 16.3 Å². The first kappa shape index (κ1) is 16.7. The van der Waals surface area contributed by atoms with Crippen LogP contribution < -0.4 is 0 Å². The molecule has 0 saturated carbocycles. The van der Waals surface area contributed by atoms with Crippen LogP contribution in [-0.2, 0) is 11.2 Å². The summed E-state index contributed by atoms with van der Waals surface area (Å²) in [6, 6.07) is 3.24. The molecular weight excluding hydrogens is 280 g/mol. The number of aliphatic hydroxyl groups excluding tert-OH is 1. The van der Waals surface area contributed by atoms with Crippen LogP contribution in [0.5, 0.6) is 0 Å². The molecule has 20 heavy (non-hydrogen) atoms. The molecule has 0 aliphatic rings. The Balaban J connectivity index is 2.81. The van der Waals surface area contributed by atoms with Gasteiger partial charge in [0, 0.05) is 19.4 Å². The predicted molar refractivity (Wildman–Crippen MR) is 77.8 cm³/mol. The highest BCUT2D eigenvalue weighted by molar-refractivity contribution is 6.18. The molecule has 1 rings (SSSR count). The first-order valence-corrected chi connectivity index (χ1v) is 7.05. The number of ether oxygens (including phenoxy) is 1. The first-order chi connectivity index (χ1) is 9.45. The van der Waals surface area contributed by atoms with Gasteiger partial charge in [0.05, 0.1) is 24.1 Å². The normalized spacial score (nSPS) is 13.9. The average Bonchev–Trinajstić information content (AvgIpc) is 2.43. The van der Waals surface area contributed by atoms with Crippen molar-refractivity contribution in [1.82, 2.24) is 9.88 Å². The van der Waals surface area contributed by atoms with Gasteiger partial charge in [0.2, 0.25) is 0 Å². The smallest absolute Gasteiger partial charge is 0.410 e. The van der Waals surface area contributed by atoms with E-state index in [2.05, 4.69) is 4.98 Å². The van der Waals surface area contributed by atoms with Crippen LogP contribution in [0.15, 0.2) is 24.5 Å². The molecule has 1 heterocycles. The van der Waals surface area contributed by atoms with Gasteiger partial charge < -0.3 is 14.7 Å². The number of pyridine rings is 1. The Morgan fingerprint density at radius 2 is 2.05 bits per heavy atom. The molecule has 6 heteroatoms. The molecule has 0 aliphatic heterocycles. The van der Waals surface area contributed by atoms with Crippen LogP contribution in [0.25, 0.3) is 0 Å². The minimum atomic E-state index is -0.824. The van der Waals surface area contributed by atoms with Crippen molar-refractivity contribution in [3.8, 4) is 0 Å². The second kappa shape index (κ2) is 8.07. The third-order valence-corrected chi connectivity index (χ3v) is 3.23. The van der Waals surface area contributed by atoms with Gasteiger partial charge in [0.1, 0.15) is 0 Å². The van der Waals surface area contributed by atoms with Crippen LogP contribution >= 0.6 is 11.6 Å². The van der Waals surface area contributed by atoms with E-state index in [0.717, 1.165) is 5.56 Å². The van der Waals surface area contributed by atoms with Crippen molar-refractivity contribution in [2.24, 2.45) is 0 Å². The van der Waals surface area contributed by atoms with E-state index in [0.29, 0.717) is 6.42 Å². The number of carbonyl (C=O) groups excluding carboxylic acids is 1. The van der Waals surface area contributed by atoms with Crippen LogP contribution in [0.1, 0.15) is 19.4 Å². The zero-order valence-electron chi connectivity index (χ0n) is 12.0. The van der Waals surface area contributed by atoms with Crippen molar-refractivity contribution in [3.05, 3.63) is 30.1 Å². The summed E-state index contributed by atoms with van der Waals surface area (Å²) in [4.78, 5) is 17.3. The van der Waals surface area contributed by atoms with E-state index in [1.54, 1.807) is 33.3 Å². The van der Waals surface area contributed by atoms with Gasteiger partial charge in [-0.05, 0) is 38.0 Å². The van der Waals surface area contributed by atoms with Crippen molar-refractivity contribution in [2.75, 3.05) is 12.9 Å². The van der Waals surface area contributed by atoms with Gasteiger partial charge in [0.25, 0.3) is 0 Å². The Bertz CT molecular complexity index is 414. The summed E-state index contributed by atoms with van der Waals surface area (Å²) in [5.41, 5.74) is 0.971. The van der Waals surface area contributed by atoms with Crippen molar-refractivity contribution in [2.45, 2.75) is 38.5 Å². The number of carbonyl (C=O) groups is 1. The average molecular weight is 301 g/mol. The molecule has 0 saturated heterocycles. The molecule has 0 unspecified atom stereocenters. The van der Waals surface area contributed by atoms with Gasteiger partial charge >= 0.3 is 6.09 Å². The highest BCUT2D eigenvalue weighted by atomic mass is 35.5. The molecule has 1 aromatic heterocycles. The van der Waals surface area contributed by atoms with Crippen LogP contribution in [0.3, 0.4) is 0 Å². The third-order valence-electron chi connectivity index (χ3n) is 2.92. The number of aliphatic hydroxyl groups is 1. The Labute approximate surface area is 124 Å². The number of aromatic nitrogens is 1. The van der Waals surface area contributed by atoms with E-state index in [-0.39, 0.29) is 12.0 Å². The fraction of sp³-hybridized carbons (Fsp3) is 0.571. The lowest BCUT2D eigenvalue weighted by Gasteiger charge is -2.31. The molecule has 0 fully saturated rings. The summed E-state index contributed by atoms with van der Waals surface area (Å²) in [5.74, 6) is 0.0506. The number of hydrogen-bond acceptors (Lipinski definition) is 4. The number of halogens is 1. The van der Waals surface area contributed by atoms with Crippen LogP contribution in [0, 0.1) is 0 Å². The molecule has 0 aromatic carbocycles. The number of alkyl halides is 1. The maximum atomic E-state index is 11.9. The van der Waals surface area contributed by atoms with Crippen molar-refractivity contribution in [1.29, 1.82) is 0 Å². The quantitative estimate of drug-likeness (QED) is 0.817. The van der Waals surface area contributed by atoms with Gasteiger partial charge in [-0.25, -0.2) is 4.79 Å². The molecular formula is C14H21ClN2O3. The van der Waals surface area contributed by atoms with Crippen LogP contribution in [0.4, 0.5) is 4.79 Å². The Kier molecular flexibility index (Phi) is 6.75. The Morgan fingerprint density at radius 1 is 1.45 bits per heavy atom. The number of likely N-dealkylation sites (N-methyl/N-ethyl adjacent to an activating group) is 1. The molecule has 112 valence electrons. The standard InChI is InChI=1S/C14H21ClN2O3/c1-10(2)20-14(19)17(3)12(13(18)9-15)8-11-4-6-16-7-5-11/h4-7,10,12-13,18H,8-9H2,1-3H3/t12-,13+/m0/s1. The van der Waals surface area contributed by atoms with Crippen molar-refractivity contribution >= 4 is 17.7 Å². The second-order valence-electron chi connectivity index (χ2n) is 4.89. The molecule has 1 aromatic rings. The number of amides is 1. The first-order valence-electron chi connectivity index (χ1n) is 6.52. The highest BCUT2D eigenvalue weighted by Gasteiger charge is 2.28. The summed E-state index contributed by atoms with van der Waals surface area (Å²) in [7, 11) is 1.60. The monoisotopic (exact) mass is 300 g/mol.